The molecular formula is C16H18F2N2O. The van der Waals surface area contributed by atoms with E-state index in [2.05, 4.69) is 5.10 Å². The maximum Gasteiger partial charge on any atom is 0.131 e. The quantitative estimate of drug-likeness (QED) is 0.935. The summed E-state index contributed by atoms with van der Waals surface area (Å²) in [6.07, 6.45) is 5.43. The Bertz CT molecular complexity index is 600. The average Bonchev–Trinajstić information content (AvgIpc) is 3.08. The molecule has 112 valence electrons. The van der Waals surface area contributed by atoms with Crippen LogP contribution in [0.25, 0.3) is 0 Å². The van der Waals surface area contributed by atoms with Gasteiger partial charge in [0.25, 0.3) is 0 Å². The topological polar surface area (TPSA) is 38.0 Å². The van der Waals surface area contributed by atoms with E-state index >= 15 is 0 Å². The smallest absolute Gasteiger partial charge is 0.131 e. The van der Waals surface area contributed by atoms with Crippen LogP contribution in [0.3, 0.4) is 0 Å². The number of benzene rings is 1. The van der Waals surface area contributed by atoms with Gasteiger partial charge in [-0.25, -0.2) is 8.78 Å². The van der Waals surface area contributed by atoms with Crippen LogP contribution in [0.4, 0.5) is 8.78 Å². The predicted molar refractivity (Wildman–Crippen MR) is 74.8 cm³/mol. The molecular weight excluding hydrogens is 274 g/mol. The van der Waals surface area contributed by atoms with Gasteiger partial charge in [0.1, 0.15) is 11.6 Å². The number of aliphatic hydroxyl groups excluding tert-OH is 1. The van der Waals surface area contributed by atoms with Crippen LogP contribution in [0, 0.1) is 11.6 Å². The van der Waals surface area contributed by atoms with Gasteiger partial charge in [0.05, 0.1) is 23.4 Å². The Balaban J connectivity index is 1.74. The summed E-state index contributed by atoms with van der Waals surface area (Å²) in [7, 11) is 0. The summed E-state index contributed by atoms with van der Waals surface area (Å²) in [6.45, 7) is 0. The Hall–Kier alpha value is -1.75. The Morgan fingerprint density at radius 1 is 1.19 bits per heavy atom. The van der Waals surface area contributed by atoms with E-state index in [1.807, 2.05) is 10.9 Å². The van der Waals surface area contributed by atoms with Crippen LogP contribution < -0.4 is 0 Å². The first-order chi connectivity index (χ1) is 10.1. The van der Waals surface area contributed by atoms with E-state index in [0.29, 0.717) is 11.7 Å². The molecule has 0 bridgehead atoms. The van der Waals surface area contributed by atoms with E-state index in [0.717, 1.165) is 25.0 Å². The van der Waals surface area contributed by atoms with Crippen molar-refractivity contribution in [3.63, 3.8) is 0 Å². The number of nitrogens with zero attached hydrogens (tertiary/aromatic N) is 2. The van der Waals surface area contributed by atoms with Crippen molar-refractivity contribution in [1.82, 2.24) is 9.78 Å². The molecule has 1 aliphatic rings. The summed E-state index contributed by atoms with van der Waals surface area (Å²) >= 11 is 0. The second-order valence-electron chi connectivity index (χ2n) is 5.58. The van der Waals surface area contributed by atoms with Crippen LogP contribution in [-0.4, -0.2) is 14.9 Å². The Kier molecular flexibility index (Phi) is 4.01. The van der Waals surface area contributed by atoms with Crippen LogP contribution in [0.15, 0.2) is 30.5 Å². The Morgan fingerprint density at radius 2 is 1.86 bits per heavy atom. The van der Waals surface area contributed by atoms with Gasteiger partial charge in [-0.15, -0.1) is 0 Å². The normalized spacial score (nSPS) is 17.3. The molecule has 2 aromatic rings. The number of aliphatic hydroxyl groups is 1. The van der Waals surface area contributed by atoms with Gasteiger partial charge in [0, 0.05) is 12.6 Å². The highest BCUT2D eigenvalue weighted by Gasteiger charge is 2.21. The van der Waals surface area contributed by atoms with Crippen LogP contribution in [0.1, 0.15) is 49.1 Å². The van der Waals surface area contributed by atoms with Crippen molar-refractivity contribution >= 4 is 0 Å². The highest BCUT2D eigenvalue weighted by Crippen LogP contribution is 2.29. The van der Waals surface area contributed by atoms with E-state index in [-0.39, 0.29) is 12.0 Å². The van der Waals surface area contributed by atoms with Crippen molar-refractivity contribution in [3.05, 3.63) is 53.4 Å². The molecule has 21 heavy (non-hydrogen) atoms. The largest absolute Gasteiger partial charge is 0.388 e. The standard InChI is InChI=1S/C16H18F2N2O/c17-13-6-3-7-14(18)16(13)15(21)10-11-8-9-20(19-11)12-4-1-2-5-12/h3,6-9,12,15,21H,1-2,4-5,10H2. The van der Waals surface area contributed by atoms with Crippen molar-refractivity contribution in [3.8, 4) is 0 Å². The monoisotopic (exact) mass is 292 g/mol. The molecule has 1 aliphatic carbocycles. The molecule has 0 spiro atoms. The zero-order valence-electron chi connectivity index (χ0n) is 11.7. The zero-order valence-corrected chi connectivity index (χ0v) is 11.7. The first kappa shape index (κ1) is 14.2. The van der Waals surface area contributed by atoms with Gasteiger partial charge in [-0.3, -0.25) is 4.68 Å². The molecule has 1 fully saturated rings. The number of hydrogen-bond acceptors (Lipinski definition) is 2. The molecule has 3 rings (SSSR count). The number of hydrogen-bond donors (Lipinski definition) is 1. The van der Waals surface area contributed by atoms with E-state index in [1.165, 1.54) is 18.9 Å². The van der Waals surface area contributed by atoms with Gasteiger partial charge in [-0.1, -0.05) is 18.9 Å². The minimum atomic E-state index is -1.22. The van der Waals surface area contributed by atoms with Crippen molar-refractivity contribution in [1.29, 1.82) is 0 Å². The molecule has 0 saturated heterocycles. The lowest BCUT2D eigenvalue weighted by Crippen LogP contribution is -2.09. The fourth-order valence-corrected chi connectivity index (χ4v) is 2.99. The van der Waals surface area contributed by atoms with Crippen molar-refractivity contribution < 1.29 is 13.9 Å². The molecule has 1 unspecified atom stereocenters. The Labute approximate surface area is 122 Å². The van der Waals surface area contributed by atoms with Crippen LogP contribution in [-0.2, 0) is 6.42 Å². The first-order valence-electron chi connectivity index (χ1n) is 7.31. The van der Waals surface area contributed by atoms with Gasteiger partial charge in [-0.2, -0.15) is 5.10 Å². The SMILES string of the molecule is OC(Cc1ccn(C2CCCC2)n1)c1c(F)cccc1F. The first-order valence-corrected chi connectivity index (χ1v) is 7.31. The van der Waals surface area contributed by atoms with E-state index in [9.17, 15) is 13.9 Å². The molecule has 1 atom stereocenters. The lowest BCUT2D eigenvalue weighted by atomic mass is 10.0. The molecule has 0 aliphatic heterocycles. The van der Waals surface area contributed by atoms with E-state index < -0.39 is 17.7 Å². The number of rotatable bonds is 4. The molecule has 0 amide bonds. The highest BCUT2D eigenvalue weighted by molar-refractivity contribution is 5.23. The minimum absolute atomic E-state index is 0.109. The fraction of sp³-hybridized carbons (Fsp3) is 0.438. The number of aromatic nitrogens is 2. The summed E-state index contributed by atoms with van der Waals surface area (Å²) in [5.74, 6) is -1.45. The summed E-state index contributed by atoms with van der Waals surface area (Å²) < 4.78 is 29.2. The van der Waals surface area contributed by atoms with Crippen LogP contribution >= 0.6 is 0 Å². The Morgan fingerprint density at radius 3 is 2.52 bits per heavy atom. The van der Waals surface area contributed by atoms with Gasteiger partial charge in [0.2, 0.25) is 0 Å². The molecule has 1 aromatic carbocycles. The zero-order chi connectivity index (χ0) is 14.8. The maximum absolute atomic E-state index is 13.6. The van der Waals surface area contributed by atoms with E-state index in [1.54, 1.807) is 6.07 Å². The van der Waals surface area contributed by atoms with Crippen molar-refractivity contribution in [2.24, 2.45) is 0 Å². The van der Waals surface area contributed by atoms with Crippen LogP contribution in [0.2, 0.25) is 0 Å². The molecule has 1 heterocycles. The van der Waals surface area contributed by atoms with Crippen molar-refractivity contribution in [2.45, 2.75) is 44.2 Å². The minimum Gasteiger partial charge on any atom is -0.388 e. The average molecular weight is 292 g/mol. The molecule has 1 N–H and O–H groups in total. The molecule has 5 heteroatoms. The van der Waals surface area contributed by atoms with Gasteiger partial charge in [0.15, 0.2) is 0 Å². The maximum atomic E-state index is 13.6. The van der Waals surface area contributed by atoms with Crippen molar-refractivity contribution in [2.75, 3.05) is 0 Å². The lowest BCUT2D eigenvalue weighted by molar-refractivity contribution is 0.167. The van der Waals surface area contributed by atoms with Crippen LogP contribution in [0.5, 0.6) is 0 Å². The third kappa shape index (κ3) is 2.97. The van der Waals surface area contributed by atoms with E-state index in [4.69, 9.17) is 0 Å². The summed E-state index contributed by atoms with van der Waals surface area (Å²) in [5.41, 5.74) is 0.366. The number of halogens is 2. The summed E-state index contributed by atoms with van der Waals surface area (Å²) in [6, 6.07) is 5.81. The molecule has 1 saturated carbocycles. The predicted octanol–water partition coefficient (Wildman–Crippen LogP) is 3.55. The second kappa shape index (κ2) is 5.93. The van der Waals surface area contributed by atoms with Gasteiger partial charge < -0.3 is 5.11 Å². The fourth-order valence-electron chi connectivity index (χ4n) is 2.99. The highest BCUT2D eigenvalue weighted by atomic mass is 19.1. The molecule has 0 radical (unpaired) electrons. The molecule has 1 aromatic heterocycles. The van der Waals surface area contributed by atoms with Gasteiger partial charge in [-0.05, 0) is 31.0 Å². The van der Waals surface area contributed by atoms with Gasteiger partial charge >= 0.3 is 0 Å². The lowest BCUT2D eigenvalue weighted by Gasteiger charge is -2.12. The summed E-state index contributed by atoms with van der Waals surface area (Å²) in [5, 5.41) is 14.5. The summed E-state index contributed by atoms with van der Waals surface area (Å²) in [4.78, 5) is 0. The second-order valence-corrected chi connectivity index (χ2v) is 5.58. The molecule has 3 nitrogen and oxygen atoms in total. The third-order valence-corrected chi connectivity index (χ3v) is 4.10. The third-order valence-electron chi connectivity index (χ3n) is 4.10.